The van der Waals surface area contributed by atoms with E-state index in [2.05, 4.69) is 19.2 Å². The summed E-state index contributed by atoms with van der Waals surface area (Å²) < 4.78 is 0. The number of amides is 1. The van der Waals surface area contributed by atoms with E-state index in [1.54, 1.807) is 7.05 Å². The van der Waals surface area contributed by atoms with Crippen molar-refractivity contribution in [3.05, 3.63) is 0 Å². The molecule has 6 atom stereocenters. The van der Waals surface area contributed by atoms with Gasteiger partial charge < -0.3 is 5.32 Å². The molecule has 5 unspecified atom stereocenters. The lowest BCUT2D eigenvalue weighted by Crippen LogP contribution is -2.52. The van der Waals surface area contributed by atoms with Crippen LogP contribution in [0.4, 0.5) is 0 Å². The van der Waals surface area contributed by atoms with Crippen LogP contribution in [0.5, 0.6) is 0 Å². The molecule has 16 heavy (non-hydrogen) atoms. The molecule has 3 fully saturated rings. The number of nitrogens with one attached hydrogen (secondary N) is 1. The van der Waals surface area contributed by atoms with Gasteiger partial charge in [0.2, 0.25) is 5.91 Å². The number of carbonyl (C=O) groups excluding carboxylic acids is 1. The predicted molar refractivity (Wildman–Crippen MR) is 63.8 cm³/mol. The first-order valence-electron chi connectivity index (χ1n) is 6.79. The standard InChI is InChI=1S/C14H23NO/c1-8-6-12-9(7-13(16)15-3)11-5-4-10(8)14(11,12)2/h8-12H,4-7H2,1-3H3,(H,15,16)/t8?,9?,10?,11-,12?,14?/m1/s1. The van der Waals surface area contributed by atoms with Gasteiger partial charge >= 0.3 is 0 Å². The Labute approximate surface area is 98.2 Å². The zero-order valence-corrected chi connectivity index (χ0v) is 10.6. The molecule has 0 spiro atoms. The SMILES string of the molecule is CNC(=O)CC1C2CC(C)C3CC[C@H]1C32C. The first-order chi connectivity index (χ1) is 7.59. The first-order valence-corrected chi connectivity index (χ1v) is 6.79. The molecule has 3 saturated carbocycles. The molecule has 2 heteroatoms. The van der Waals surface area contributed by atoms with Crippen molar-refractivity contribution < 1.29 is 4.79 Å². The number of carbonyl (C=O) groups is 1. The van der Waals surface area contributed by atoms with Crippen LogP contribution < -0.4 is 5.32 Å². The minimum Gasteiger partial charge on any atom is -0.359 e. The van der Waals surface area contributed by atoms with Gasteiger partial charge in [0.05, 0.1) is 0 Å². The van der Waals surface area contributed by atoms with Crippen molar-refractivity contribution >= 4 is 5.91 Å². The molecule has 0 aliphatic heterocycles. The smallest absolute Gasteiger partial charge is 0.220 e. The van der Waals surface area contributed by atoms with Crippen LogP contribution >= 0.6 is 0 Å². The van der Waals surface area contributed by atoms with Gasteiger partial charge in [0.1, 0.15) is 0 Å². The third-order valence-corrected chi connectivity index (χ3v) is 6.23. The summed E-state index contributed by atoms with van der Waals surface area (Å²) in [4.78, 5) is 11.6. The van der Waals surface area contributed by atoms with Crippen molar-refractivity contribution in [2.75, 3.05) is 7.05 Å². The summed E-state index contributed by atoms with van der Waals surface area (Å²) in [7, 11) is 1.76. The van der Waals surface area contributed by atoms with Gasteiger partial charge in [0.25, 0.3) is 0 Å². The van der Waals surface area contributed by atoms with Crippen LogP contribution in [0.25, 0.3) is 0 Å². The molecule has 0 heterocycles. The normalized spacial score (nSPS) is 53.3. The summed E-state index contributed by atoms with van der Waals surface area (Å²) in [6.45, 7) is 4.93. The summed E-state index contributed by atoms with van der Waals surface area (Å²) in [5.74, 6) is 4.50. The summed E-state index contributed by atoms with van der Waals surface area (Å²) in [6, 6.07) is 0. The highest BCUT2D eigenvalue weighted by Crippen LogP contribution is 2.74. The van der Waals surface area contributed by atoms with Crippen LogP contribution in [0.15, 0.2) is 0 Å². The summed E-state index contributed by atoms with van der Waals surface area (Å²) >= 11 is 0. The Bertz CT molecular complexity index is 327. The highest BCUT2D eigenvalue weighted by molar-refractivity contribution is 5.76. The Morgan fingerprint density at radius 1 is 1.31 bits per heavy atom. The molecule has 0 bridgehead atoms. The molecule has 0 radical (unpaired) electrons. The van der Waals surface area contributed by atoms with Crippen LogP contribution in [0.3, 0.4) is 0 Å². The quantitative estimate of drug-likeness (QED) is 0.762. The van der Waals surface area contributed by atoms with Gasteiger partial charge in [-0.05, 0) is 54.3 Å². The van der Waals surface area contributed by atoms with Gasteiger partial charge in [0, 0.05) is 13.5 Å². The van der Waals surface area contributed by atoms with Crippen molar-refractivity contribution in [3.63, 3.8) is 0 Å². The maximum Gasteiger partial charge on any atom is 0.220 e. The lowest BCUT2D eigenvalue weighted by molar-refractivity contribution is -0.131. The minimum absolute atomic E-state index is 0.245. The van der Waals surface area contributed by atoms with Crippen LogP contribution in [0, 0.1) is 35.0 Å². The molecule has 3 aliphatic carbocycles. The molecular formula is C14H23NO. The van der Waals surface area contributed by atoms with E-state index in [-0.39, 0.29) is 5.91 Å². The van der Waals surface area contributed by atoms with Gasteiger partial charge in [-0.25, -0.2) is 0 Å². The van der Waals surface area contributed by atoms with E-state index in [9.17, 15) is 4.79 Å². The first kappa shape index (κ1) is 10.6. The Hall–Kier alpha value is -0.530. The van der Waals surface area contributed by atoms with E-state index in [0.717, 1.165) is 30.1 Å². The summed E-state index contributed by atoms with van der Waals surface area (Å²) in [5.41, 5.74) is 0.609. The third-order valence-electron chi connectivity index (χ3n) is 6.23. The molecule has 0 saturated heterocycles. The lowest BCUT2D eigenvalue weighted by atomic mass is 9.48. The number of hydrogen-bond donors (Lipinski definition) is 1. The minimum atomic E-state index is 0.245. The van der Waals surface area contributed by atoms with E-state index in [1.165, 1.54) is 19.3 Å². The van der Waals surface area contributed by atoms with Gasteiger partial charge in [-0.1, -0.05) is 13.8 Å². The Balaban J connectivity index is 1.79. The van der Waals surface area contributed by atoms with Gasteiger partial charge in [-0.2, -0.15) is 0 Å². The van der Waals surface area contributed by atoms with Crippen molar-refractivity contribution in [2.45, 2.75) is 39.5 Å². The van der Waals surface area contributed by atoms with Crippen LogP contribution in [-0.4, -0.2) is 13.0 Å². The fourth-order valence-electron chi connectivity index (χ4n) is 5.60. The van der Waals surface area contributed by atoms with E-state index < -0.39 is 0 Å². The molecule has 0 aromatic rings. The molecule has 3 rings (SSSR count). The second kappa shape index (κ2) is 3.24. The highest BCUT2D eigenvalue weighted by Gasteiger charge is 2.69. The van der Waals surface area contributed by atoms with Crippen molar-refractivity contribution in [1.82, 2.24) is 5.32 Å². The van der Waals surface area contributed by atoms with Crippen LogP contribution in [-0.2, 0) is 4.79 Å². The highest BCUT2D eigenvalue weighted by atomic mass is 16.1. The van der Waals surface area contributed by atoms with Crippen molar-refractivity contribution in [2.24, 2.45) is 35.0 Å². The average Bonchev–Trinajstić information content (AvgIpc) is 2.66. The fourth-order valence-corrected chi connectivity index (χ4v) is 5.60. The second-order valence-corrected chi connectivity index (χ2v) is 6.52. The largest absolute Gasteiger partial charge is 0.359 e. The zero-order valence-electron chi connectivity index (χ0n) is 10.6. The van der Waals surface area contributed by atoms with Crippen LogP contribution in [0.2, 0.25) is 0 Å². The van der Waals surface area contributed by atoms with Gasteiger partial charge in [-0.3, -0.25) is 4.79 Å². The number of hydrogen-bond acceptors (Lipinski definition) is 1. The van der Waals surface area contributed by atoms with Gasteiger partial charge in [-0.15, -0.1) is 0 Å². The third kappa shape index (κ3) is 1.06. The van der Waals surface area contributed by atoms with E-state index in [0.29, 0.717) is 11.3 Å². The van der Waals surface area contributed by atoms with E-state index in [4.69, 9.17) is 0 Å². The second-order valence-electron chi connectivity index (χ2n) is 6.52. The summed E-state index contributed by atoms with van der Waals surface area (Å²) in [5, 5.41) is 2.79. The molecule has 2 nitrogen and oxygen atoms in total. The zero-order chi connectivity index (χ0) is 11.5. The van der Waals surface area contributed by atoms with Gasteiger partial charge in [0.15, 0.2) is 0 Å². The predicted octanol–water partition coefficient (Wildman–Crippen LogP) is 2.44. The molecule has 3 aliphatic rings. The Morgan fingerprint density at radius 3 is 2.69 bits per heavy atom. The summed E-state index contributed by atoms with van der Waals surface area (Å²) in [6.07, 6.45) is 4.95. The maximum atomic E-state index is 11.6. The molecular weight excluding hydrogens is 198 g/mol. The molecule has 1 amide bonds. The number of rotatable bonds is 2. The molecule has 1 N–H and O–H groups in total. The fraction of sp³-hybridized carbons (Fsp3) is 0.929. The van der Waals surface area contributed by atoms with Crippen molar-refractivity contribution in [1.29, 1.82) is 0 Å². The van der Waals surface area contributed by atoms with E-state index in [1.807, 2.05) is 0 Å². The van der Waals surface area contributed by atoms with E-state index >= 15 is 0 Å². The average molecular weight is 221 g/mol. The lowest BCUT2D eigenvalue weighted by Gasteiger charge is -2.56. The molecule has 0 aromatic carbocycles. The van der Waals surface area contributed by atoms with Crippen LogP contribution in [0.1, 0.15) is 39.5 Å². The monoisotopic (exact) mass is 221 g/mol. The molecule has 0 aromatic heterocycles. The van der Waals surface area contributed by atoms with Crippen molar-refractivity contribution in [3.8, 4) is 0 Å². The topological polar surface area (TPSA) is 29.1 Å². The molecule has 90 valence electrons. The Morgan fingerprint density at radius 2 is 2.00 bits per heavy atom. The Kier molecular flexibility index (Phi) is 2.15. The maximum absolute atomic E-state index is 11.6.